The summed E-state index contributed by atoms with van der Waals surface area (Å²) in [6, 6.07) is 9.80. The lowest BCUT2D eigenvalue weighted by Crippen LogP contribution is -2.14. The van der Waals surface area contributed by atoms with Gasteiger partial charge >= 0.3 is 0 Å². The van der Waals surface area contributed by atoms with Crippen LogP contribution >= 0.6 is 11.6 Å². The van der Waals surface area contributed by atoms with E-state index in [4.69, 9.17) is 22.5 Å². The van der Waals surface area contributed by atoms with Crippen molar-refractivity contribution in [3.63, 3.8) is 0 Å². The number of nitrogens with one attached hydrogen (secondary N) is 1. The predicted octanol–water partition coefficient (Wildman–Crippen LogP) is 2.62. The van der Waals surface area contributed by atoms with E-state index in [9.17, 15) is 8.42 Å². The topological polar surface area (TPSA) is 98.2 Å². The molecule has 7 heteroatoms. The molecule has 0 aliphatic carbocycles. The van der Waals surface area contributed by atoms with Gasteiger partial charge in [-0.25, -0.2) is 13.6 Å². The lowest BCUT2D eigenvalue weighted by Gasteiger charge is -2.12. The zero-order valence-corrected chi connectivity index (χ0v) is 12.3. The van der Waals surface area contributed by atoms with Gasteiger partial charge in [-0.3, -0.25) is 0 Å². The Morgan fingerprint density at radius 3 is 2.45 bits per heavy atom. The van der Waals surface area contributed by atoms with Crippen LogP contribution in [-0.2, 0) is 10.0 Å². The molecule has 0 bridgehead atoms. The number of benzene rings is 2. The first-order valence-electron chi connectivity index (χ1n) is 5.73. The van der Waals surface area contributed by atoms with Gasteiger partial charge in [-0.15, -0.1) is 0 Å². The van der Waals surface area contributed by atoms with E-state index in [0.29, 0.717) is 22.1 Å². The van der Waals surface area contributed by atoms with E-state index < -0.39 is 10.0 Å². The van der Waals surface area contributed by atoms with Gasteiger partial charge in [0.2, 0.25) is 10.0 Å². The molecule has 0 heterocycles. The van der Waals surface area contributed by atoms with E-state index in [0.717, 1.165) is 5.56 Å². The SMILES string of the molecule is Cc1ccc(Nc2ccc(N)cc2S(N)(=O)=O)cc1Cl. The maximum absolute atomic E-state index is 11.6. The fourth-order valence-corrected chi connectivity index (χ4v) is 2.61. The van der Waals surface area contributed by atoms with Gasteiger partial charge in [0, 0.05) is 16.4 Å². The molecule has 0 amide bonds. The van der Waals surface area contributed by atoms with Crippen molar-refractivity contribution in [2.75, 3.05) is 11.1 Å². The van der Waals surface area contributed by atoms with E-state index in [2.05, 4.69) is 5.32 Å². The minimum absolute atomic E-state index is 0.0609. The third-order valence-electron chi connectivity index (χ3n) is 2.76. The van der Waals surface area contributed by atoms with Gasteiger partial charge in [0.05, 0.1) is 5.69 Å². The third kappa shape index (κ3) is 3.22. The molecule has 2 aromatic carbocycles. The largest absolute Gasteiger partial charge is 0.399 e. The van der Waals surface area contributed by atoms with Gasteiger partial charge in [-0.05, 0) is 42.8 Å². The zero-order valence-electron chi connectivity index (χ0n) is 10.7. The van der Waals surface area contributed by atoms with Gasteiger partial charge in [0.25, 0.3) is 0 Å². The molecule has 0 saturated carbocycles. The Morgan fingerprint density at radius 1 is 1.15 bits per heavy atom. The van der Waals surface area contributed by atoms with Crippen molar-refractivity contribution in [2.45, 2.75) is 11.8 Å². The number of aryl methyl sites for hydroxylation is 1. The summed E-state index contributed by atoms with van der Waals surface area (Å²) in [5, 5.41) is 8.75. The van der Waals surface area contributed by atoms with E-state index in [-0.39, 0.29) is 4.90 Å². The summed E-state index contributed by atoms with van der Waals surface area (Å²) < 4.78 is 23.1. The number of halogens is 1. The first-order valence-corrected chi connectivity index (χ1v) is 7.65. The molecule has 106 valence electrons. The Hall–Kier alpha value is -1.76. The molecule has 0 spiro atoms. The molecule has 0 aliphatic heterocycles. The molecule has 0 fully saturated rings. The number of sulfonamides is 1. The quantitative estimate of drug-likeness (QED) is 0.759. The van der Waals surface area contributed by atoms with Gasteiger partial charge in [0.1, 0.15) is 4.90 Å². The molecule has 0 radical (unpaired) electrons. The Morgan fingerprint density at radius 2 is 1.85 bits per heavy atom. The van der Waals surface area contributed by atoms with Crippen LogP contribution in [0.2, 0.25) is 5.02 Å². The molecule has 20 heavy (non-hydrogen) atoms. The highest BCUT2D eigenvalue weighted by molar-refractivity contribution is 7.89. The summed E-state index contributed by atoms with van der Waals surface area (Å²) in [6.45, 7) is 1.88. The van der Waals surface area contributed by atoms with Crippen LogP contribution in [0.25, 0.3) is 0 Å². The molecule has 2 aromatic rings. The van der Waals surface area contributed by atoms with Crippen LogP contribution in [0.15, 0.2) is 41.3 Å². The van der Waals surface area contributed by atoms with Crippen molar-refractivity contribution < 1.29 is 8.42 Å². The van der Waals surface area contributed by atoms with E-state index in [1.54, 1.807) is 24.3 Å². The minimum atomic E-state index is -3.87. The van der Waals surface area contributed by atoms with Crippen molar-refractivity contribution in [3.8, 4) is 0 Å². The number of hydrogen-bond donors (Lipinski definition) is 3. The summed E-state index contributed by atoms with van der Waals surface area (Å²) in [7, 11) is -3.87. The van der Waals surface area contributed by atoms with Crippen LogP contribution in [0.4, 0.5) is 17.1 Å². The maximum Gasteiger partial charge on any atom is 0.240 e. The highest BCUT2D eigenvalue weighted by Gasteiger charge is 2.14. The van der Waals surface area contributed by atoms with Crippen molar-refractivity contribution in [1.29, 1.82) is 0 Å². The first kappa shape index (κ1) is 14.6. The molecule has 0 aliphatic rings. The molecular weight excluding hydrogens is 298 g/mol. The number of anilines is 3. The Kier molecular flexibility index (Phi) is 3.89. The molecule has 0 unspecified atom stereocenters. The fourth-order valence-electron chi connectivity index (χ4n) is 1.70. The maximum atomic E-state index is 11.6. The van der Waals surface area contributed by atoms with Crippen LogP contribution in [0.5, 0.6) is 0 Å². The monoisotopic (exact) mass is 311 g/mol. The van der Waals surface area contributed by atoms with Crippen LogP contribution in [0, 0.1) is 6.92 Å². The van der Waals surface area contributed by atoms with Gasteiger partial charge in [0.15, 0.2) is 0 Å². The lowest BCUT2D eigenvalue weighted by molar-refractivity contribution is 0.598. The number of hydrogen-bond acceptors (Lipinski definition) is 4. The predicted molar refractivity (Wildman–Crippen MR) is 81.7 cm³/mol. The van der Waals surface area contributed by atoms with E-state index >= 15 is 0 Å². The summed E-state index contributed by atoms with van der Waals surface area (Å²) in [5.74, 6) is 0. The second kappa shape index (κ2) is 5.32. The Bertz CT molecular complexity index is 760. The van der Waals surface area contributed by atoms with Crippen LogP contribution in [0.1, 0.15) is 5.56 Å². The van der Waals surface area contributed by atoms with Gasteiger partial charge in [-0.2, -0.15) is 0 Å². The summed E-state index contributed by atoms with van der Waals surface area (Å²) in [5.41, 5.74) is 7.86. The normalized spacial score (nSPS) is 11.3. The molecule has 5 N–H and O–H groups in total. The molecule has 0 aromatic heterocycles. The summed E-state index contributed by atoms with van der Waals surface area (Å²) >= 11 is 6.03. The van der Waals surface area contributed by atoms with Gasteiger partial charge < -0.3 is 11.1 Å². The Balaban J connectivity index is 2.46. The van der Waals surface area contributed by atoms with Gasteiger partial charge in [-0.1, -0.05) is 17.7 Å². The highest BCUT2D eigenvalue weighted by Crippen LogP contribution is 2.28. The standard InChI is InChI=1S/C13H14ClN3O2S/c1-8-2-4-10(7-11(8)14)17-12-5-3-9(15)6-13(12)20(16,18)19/h2-7,17H,15H2,1H3,(H2,16,18,19). The Labute approximate surface area is 122 Å². The third-order valence-corrected chi connectivity index (χ3v) is 4.12. The van der Waals surface area contributed by atoms with Crippen molar-refractivity contribution >= 4 is 38.7 Å². The number of nitrogen functional groups attached to an aromatic ring is 1. The number of nitrogens with two attached hydrogens (primary N) is 2. The average molecular weight is 312 g/mol. The molecular formula is C13H14ClN3O2S. The molecule has 5 nitrogen and oxygen atoms in total. The molecule has 2 rings (SSSR count). The average Bonchev–Trinajstić information content (AvgIpc) is 2.35. The second-order valence-electron chi connectivity index (χ2n) is 4.39. The summed E-state index contributed by atoms with van der Waals surface area (Å²) in [4.78, 5) is -0.0609. The van der Waals surface area contributed by atoms with Crippen molar-refractivity contribution in [1.82, 2.24) is 0 Å². The molecule has 0 saturated heterocycles. The lowest BCUT2D eigenvalue weighted by atomic mass is 10.2. The fraction of sp³-hybridized carbons (Fsp3) is 0.0769. The number of rotatable bonds is 3. The second-order valence-corrected chi connectivity index (χ2v) is 6.33. The first-order chi connectivity index (χ1) is 9.27. The van der Waals surface area contributed by atoms with Crippen LogP contribution in [-0.4, -0.2) is 8.42 Å². The van der Waals surface area contributed by atoms with E-state index in [1.165, 1.54) is 6.07 Å². The summed E-state index contributed by atoms with van der Waals surface area (Å²) in [6.07, 6.45) is 0. The highest BCUT2D eigenvalue weighted by atomic mass is 35.5. The minimum Gasteiger partial charge on any atom is -0.399 e. The van der Waals surface area contributed by atoms with Crippen LogP contribution < -0.4 is 16.2 Å². The van der Waals surface area contributed by atoms with E-state index in [1.807, 2.05) is 13.0 Å². The smallest absolute Gasteiger partial charge is 0.240 e. The van der Waals surface area contributed by atoms with Crippen molar-refractivity contribution in [2.24, 2.45) is 5.14 Å². The number of primary sulfonamides is 1. The van der Waals surface area contributed by atoms with Crippen LogP contribution in [0.3, 0.4) is 0 Å². The van der Waals surface area contributed by atoms with Crippen molar-refractivity contribution in [3.05, 3.63) is 47.0 Å². The zero-order chi connectivity index (χ0) is 14.9. The molecule has 0 atom stereocenters.